The zero-order valence-electron chi connectivity index (χ0n) is 12.6. The van der Waals surface area contributed by atoms with Crippen LogP contribution in [0.25, 0.3) is 0 Å². The maximum absolute atomic E-state index is 11.5. The summed E-state index contributed by atoms with van der Waals surface area (Å²) in [4.78, 5) is 11.5. The van der Waals surface area contributed by atoms with Gasteiger partial charge in [0.25, 0.3) is 0 Å². The van der Waals surface area contributed by atoms with Gasteiger partial charge in [0, 0.05) is 5.92 Å². The predicted molar refractivity (Wildman–Crippen MR) is 83.2 cm³/mol. The van der Waals surface area contributed by atoms with Crippen molar-refractivity contribution in [3.05, 3.63) is 59.2 Å². The van der Waals surface area contributed by atoms with Crippen molar-refractivity contribution in [3.8, 4) is 11.5 Å². The number of carbonyl (C=O) groups excluding carboxylic acids is 1. The molecule has 0 heterocycles. The first-order chi connectivity index (χ1) is 10.2. The van der Waals surface area contributed by atoms with Crippen LogP contribution >= 0.6 is 0 Å². The number of carbonyl (C=O) groups is 1. The molecule has 0 saturated heterocycles. The number of rotatable bonds is 6. The molecule has 2 aromatic carbocycles. The van der Waals surface area contributed by atoms with Crippen LogP contribution in [0.2, 0.25) is 0 Å². The van der Waals surface area contributed by atoms with Crippen LogP contribution in [-0.2, 0) is 11.2 Å². The lowest BCUT2D eigenvalue weighted by Crippen LogP contribution is -2.05. The van der Waals surface area contributed by atoms with E-state index in [4.69, 9.17) is 9.47 Å². The first kappa shape index (κ1) is 15.1. The van der Waals surface area contributed by atoms with Crippen molar-refractivity contribution in [1.82, 2.24) is 0 Å². The zero-order valence-corrected chi connectivity index (χ0v) is 12.6. The average molecular weight is 284 g/mol. The Morgan fingerprint density at radius 2 is 1.67 bits per heavy atom. The molecule has 0 amide bonds. The van der Waals surface area contributed by atoms with E-state index in [1.54, 1.807) is 14.2 Å². The number of benzene rings is 2. The lowest BCUT2D eigenvalue weighted by atomic mass is 9.92. The molecule has 2 aromatic rings. The van der Waals surface area contributed by atoms with E-state index in [-0.39, 0.29) is 5.92 Å². The van der Waals surface area contributed by atoms with Gasteiger partial charge in [-0.1, -0.05) is 35.9 Å². The normalized spacial score (nSPS) is 11.8. The second-order valence-corrected chi connectivity index (χ2v) is 5.05. The summed E-state index contributed by atoms with van der Waals surface area (Å²) in [6.07, 6.45) is 1.67. The molecule has 0 aliphatic heterocycles. The highest BCUT2D eigenvalue weighted by atomic mass is 16.5. The first-order valence-electron chi connectivity index (χ1n) is 6.90. The summed E-state index contributed by atoms with van der Waals surface area (Å²) in [5, 5.41) is 0. The van der Waals surface area contributed by atoms with E-state index in [1.807, 2.05) is 18.2 Å². The van der Waals surface area contributed by atoms with E-state index in [0.717, 1.165) is 17.4 Å². The molecule has 3 nitrogen and oxygen atoms in total. The zero-order chi connectivity index (χ0) is 15.2. The average Bonchev–Trinajstić information content (AvgIpc) is 2.53. The van der Waals surface area contributed by atoms with Crippen LogP contribution in [0.5, 0.6) is 11.5 Å². The molecule has 110 valence electrons. The predicted octanol–water partition coefficient (Wildman–Crippen LogP) is 3.54. The van der Waals surface area contributed by atoms with Gasteiger partial charge in [0.2, 0.25) is 0 Å². The highest BCUT2D eigenvalue weighted by molar-refractivity contribution is 5.64. The van der Waals surface area contributed by atoms with Gasteiger partial charge >= 0.3 is 0 Å². The first-order valence-corrected chi connectivity index (χ1v) is 6.90. The smallest absolute Gasteiger partial charge is 0.161 e. The highest BCUT2D eigenvalue weighted by Crippen LogP contribution is 2.31. The quantitative estimate of drug-likeness (QED) is 0.761. The van der Waals surface area contributed by atoms with Crippen LogP contribution < -0.4 is 9.47 Å². The molecule has 0 aliphatic rings. The van der Waals surface area contributed by atoms with Gasteiger partial charge in [-0.2, -0.15) is 0 Å². The van der Waals surface area contributed by atoms with Crippen LogP contribution in [0.15, 0.2) is 42.5 Å². The molecule has 1 unspecified atom stereocenters. The van der Waals surface area contributed by atoms with Crippen LogP contribution in [0, 0.1) is 6.92 Å². The SMILES string of the molecule is COc1ccc(C(C=O)Cc2ccc(C)cc2)cc1OC. The van der Waals surface area contributed by atoms with E-state index in [9.17, 15) is 4.79 Å². The third kappa shape index (κ3) is 3.63. The number of aryl methyl sites for hydroxylation is 1. The molecule has 0 radical (unpaired) electrons. The van der Waals surface area contributed by atoms with Crippen molar-refractivity contribution >= 4 is 6.29 Å². The topological polar surface area (TPSA) is 35.5 Å². The second kappa shape index (κ2) is 6.93. The van der Waals surface area contributed by atoms with E-state index in [2.05, 4.69) is 31.2 Å². The van der Waals surface area contributed by atoms with Crippen LogP contribution in [-0.4, -0.2) is 20.5 Å². The monoisotopic (exact) mass is 284 g/mol. The lowest BCUT2D eigenvalue weighted by molar-refractivity contribution is -0.109. The van der Waals surface area contributed by atoms with E-state index in [1.165, 1.54) is 5.56 Å². The van der Waals surface area contributed by atoms with Crippen LogP contribution in [0.3, 0.4) is 0 Å². The van der Waals surface area contributed by atoms with Crippen molar-refractivity contribution in [1.29, 1.82) is 0 Å². The minimum absolute atomic E-state index is 0.187. The van der Waals surface area contributed by atoms with Crippen molar-refractivity contribution in [2.45, 2.75) is 19.3 Å². The highest BCUT2D eigenvalue weighted by Gasteiger charge is 2.14. The van der Waals surface area contributed by atoms with Gasteiger partial charge in [0.05, 0.1) is 14.2 Å². The van der Waals surface area contributed by atoms with E-state index in [0.29, 0.717) is 17.9 Å². The van der Waals surface area contributed by atoms with Crippen molar-refractivity contribution in [3.63, 3.8) is 0 Å². The fourth-order valence-corrected chi connectivity index (χ4v) is 2.31. The Labute approximate surface area is 125 Å². The summed E-state index contributed by atoms with van der Waals surface area (Å²) in [6, 6.07) is 13.9. The molecule has 0 spiro atoms. The minimum atomic E-state index is -0.187. The molecule has 0 fully saturated rings. The summed E-state index contributed by atoms with van der Waals surface area (Å²) in [5.41, 5.74) is 3.29. The summed E-state index contributed by atoms with van der Waals surface area (Å²) >= 11 is 0. The molecule has 3 heteroatoms. The Morgan fingerprint density at radius 3 is 2.24 bits per heavy atom. The molecule has 2 rings (SSSR count). The van der Waals surface area contributed by atoms with Gasteiger partial charge in [-0.05, 0) is 36.6 Å². The number of methoxy groups -OCH3 is 2. The van der Waals surface area contributed by atoms with Crippen LogP contribution in [0.4, 0.5) is 0 Å². The molecule has 0 aromatic heterocycles. The van der Waals surface area contributed by atoms with E-state index >= 15 is 0 Å². The Balaban J connectivity index is 2.24. The summed E-state index contributed by atoms with van der Waals surface area (Å²) in [7, 11) is 3.19. The Hall–Kier alpha value is -2.29. The molecule has 0 bridgehead atoms. The maximum Gasteiger partial charge on any atom is 0.161 e. The molecule has 1 atom stereocenters. The molecule has 0 saturated carbocycles. The minimum Gasteiger partial charge on any atom is -0.493 e. The van der Waals surface area contributed by atoms with E-state index < -0.39 is 0 Å². The standard InChI is InChI=1S/C18H20O3/c1-13-4-6-14(7-5-13)10-16(12-19)15-8-9-17(20-2)18(11-15)21-3/h4-9,11-12,16H,10H2,1-3H3. The summed E-state index contributed by atoms with van der Waals surface area (Å²) in [5.74, 6) is 1.12. The summed E-state index contributed by atoms with van der Waals surface area (Å²) in [6.45, 7) is 2.05. The summed E-state index contributed by atoms with van der Waals surface area (Å²) < 4.78 is 10.5. The Bertz CT molecular complexity index is 602. The van der Waals surface area contributed by atoms with Crippen LogP contribution in [0.1, 0.15) is 22.6 Å². The number of hydrogen-bond acceptors (Lipinski definition) is 3. The van der Waals surface area contributed by atoms with Crippen molar-refractivity contribution in [2.75, 3.05) is 14.2 Å². The van der Waals surface area contributed by atoms with Gasteiger partial charge in [-0.3, -0.25) is 0 Å². The Kier molecular flexibility index (Phi) is 4.99. The molecule has 21 heavy (non-hydrogen) atoms. The fraction of sp³-hybridized carbons (Fsp3) is 0.278. The largest absolute Gasteiger partial charge is 0.493 e. The van der Waals surface area contributed by atoms with Gasteiger partial charge < -0.3 is 14.3 Å². The van der Waals surface area contributed by atoms with Crippen molar-refractivity contribution in [2.24, 2.45) is 0 Å². The Morgan fingerprint density at radius 1 is 1.00 bits per heavy atom. The molecular formula is C18H20O3. The number of aldehydes is 1. The van der Waals surface area contributed by atoms with Gasteiger partial charge in [0.15, 0.2) is 11.5 Å². The van der Waals surface area contributed by atoms with Gasteiger partial charge in [0.1, 0.15) is 6.29 Å². The molecular weight excluding hydrogens is 264 g/mol. The third-order valence-corrected chi connectivity index (χ3v) is 3.58. The fourth-order valence-electron chi connectivity index (χ4n) is 2.31. The lowest BCUT2D eigenvalue weighted by Gasteiger charge is -2.14. The number of ether oxygens (including phenoxy) is 2. The second-order valence-electron chi connectivity index (χ2n) is 5.05. The number of hydrogen-bond donors (Lipinski definition) is 0. The van der Waals surface area contributed by atoms with Crippen molar-refractivity contribution < 1.29 is 14.3 Å². The third-order valence-electron chi connectivity index (χ3n) is 3.58. The van der Waals surface area contributed by atoms with Gasteiger partial charge in [-0.25, -0.2) is 0 Å². The molecule has 0 N–H and O–H groups in total. The molecule has 0 aliphatic carbocycles. The maximum atomic E-state index is 11.5. The van der Waals surface area contributed by atoms with Gasteiger partial charge in [-0.15, -0.1) is 0 Å².